The number of rotatable bonds is 4. The van der Waals surface area contributed by atoms with Gasteiger partial charge >= 0.3 is 30.1 Å². The molecule has 0 fully saturated rings. The molecule has 6 nitrogen and oxygen atoms in total. The maximum absolute atomic E-state index is 12.8. The number of hydrogen-bond donors (Lipinski definition) is 0. The fourth-order valence-electron chi connectivity index (χ4n) is 1.14. The molecule has 0 heterocycles. The van der Waals surface area contributed by atoms with Gasteiger partial charge in [-0.1, -0.05) is 12.1 Å². The number of carbonyl (C=O) groups is 1. The van der Waals surface area contributed by atoms with Crippen LogP contribution >= 0.6 is 0 Å². The number of hydrogen-bond acceptors (Lipinski definition) is 5. The topological polar surface area (TPSA) is 78.7 Å². The summed E-state index contributed by atoms with van der Waals surface area (Å²) >= 11 is 0. The average Bonchev–Trinajstić information content (AvgIpc) is 2.36. The third-order valence-corrected chi connectivity index (χ3v) is 2.19. The van der Waals surface area contributed by atoms with Crippen LogP contribution in [0.3, 0.4) is 0 Å². The Balaban J connectivity index is 2.95. The third kappa shape index (κ3) is 3.78. The Morgan fingerprint density at radius 3 is 2.04 bits per heavy atom. The molecule has 0 aromatic heterocycles. The SMILES string of the molecule is O=C(Oc1ccccc1[N+](=O)[O-])OC(F)(F)C(F)(F)C(F)(F)F. The minimum absolute atomic E-state index is 0.708. The van der Waals surface area contributed by atoms with Crippen LogP contribution in [0.1, 0.15) is 0 Å². The molecular weight excluding hydrogens is 347 g/mol. The quantitative estimate of drug-likeness (QED) is 0.270. The zero-order valence-corrected chi connectivity index (χ0v) is 10.4. The first kappa shape index (κ1) is 18.4. The second-order valence-corrected chi connectivity index (χ2v) is 3.77. The van der Waals surface area contributed by atoms with E-state index in [-0.39, 0.29) is 0 Å². The van der Waals surface area contributed by atoms with Crippen LogP contribution < -0.4 is 4.74 Å². The van der Waals surface area contributed by atoms with Crippen molar-refractivity contribution >= 4 is 11.8 Å². The lowest BCUT2D eigenvalue weighted by Crippen LogP contribution is -2.54. The molecule has 0 bridgehead atoms. The molecular formula is C10H4F7NO5. The summed E-state index contributed by atoms with van der Waals surface area (Å²) in [6.45, 7) is 0. The van der Waals surface area contributed by atoms with Crippen molar-refractivity contribution in [3.8, 4) is 5.75 Å². The van der Waals surface area contributed by atoms with E-state index in [9.17, 15) is 45.6 Å². The lowest BCUT2D eigenvalue weighted by molar-refractivity contribution is -0.411. The van der Waals surface area contributed by atoms with Gasteiger partial charge in [-0.3, -0.25) is 10.1 Å². The van der Waals surface area contributed by atoms with E-state index >= 15 is 0 Å². The van der Waals surface area contributed by atoms with Gasteiger partial charge in [0, 0.05) is 6.07 Å². The number of alkyl halides is 7. The summed E-state index contributed by atoms with van der Waals surface area (Å²) in [4.78, 5) is 20.3. The van der Waals surface area contributed by atoms with E-state index in [1.807, 2.05) is 0 Å². The molecule has 0 radical (unpaired) electrons. The molecule has 0 saturated heterocycles. The molecule has 128 valence electrons. The van der Waals surface area contributed by atoms with E-state index in [0.717, 1.165) is 18.2 Å². The summed E-state index contributed by atoms with van der Waals surface area (Å²) in [7, 11) is 0. The highest BCUT2D eigenvalue weighted by molar-refractivity contribution is 5.66. The molecule has 1 aromatic rings. The predicted molar refractivity (Wildman–Crippen MR) is 56.2 cm³/mol. The largest absolute Gasteiger partial charge is 0.518 e. The van der Waals surface area contributed by atoms with Gasteiger partial charge < -0.3 is 9.47 Å². The van der Waals surface area contributed by atoms with E-state index in [1.54, 1.807) is 0 Å². The smallest absolute Gasteiger partial charge is 0.388 e. The number of nitro groups is 1. The summed E-state index contributed by atoms with van der Waals surface area (Å²) in [5.41, 5.74) is -0.935. The van der Waals surface area contributed by atoms with Gasteiger partial charge in [-0.2, -0.15) is 30.7 Å². The van der Waals surface area contributed by atoms with Crippen LogP contribution in [-0.4, -0.2) is 29.3 Å². The van der Waals surface area contributed by atoms with Crippen molar-refractivity contribution in [2.75, 3.05) is 0 Å². The Kier molecular flexibility index (Phi) is 4.72. The summed E-state index contributed by atoms with van der Waals surface area (Å²) in [5.74, 6) is -7.68. The van der Waals surface area contributed by atoms with Gasteiger partial charge in [0.15, 0.2) is 0 Å². The van der Waals surface area contributed by atoms with Crippen LogP contribution in [0.5, 0.6) is 5.75 Å². The molecule has 1 rings (SSSR count). The van der Waals surface area contributed by atoms with E-state index < -0.39 is 40.7 Å². The van der Waals surface area contributed by atoms with Gasteiger partial charge in [-0.05, 0) is 6.07 Å². The van der Waals surface area contributed by atoms with Crippen molar-refractivity contribution in [3.63, 3.8) is 0 Å². The number of nitro benzene ring substituents is 1. The predicted octanol–water partition coefficient (Wildman–Crippen LogP) is 3.90. The second kappa shape index (κ2) is 5.89. The number of benzene rings is 1. The van der Waals surface area contributed by atoms with Crippen molar-refractivity contribution in [2.45, 2.75) is 18.2 Å². The molecule has 23 heavy (non-hydrogen) atoms. The zero-order chi connectivity index (χ0) is 18.1. The minimum atomic E-state index is -6.71. The van der Waals surface area contributed by atoms with Crippen LogP contribution in [0.25, 0.3) is 0 Å². The number of nitrogens with zero attached hydrogens (tertiary/aromatic N) is 1. The zero-order valence-electron chi connectivity index (χ0n) is 10.4. The first-order valence-electron chi connectivity index (χ1n) is 5.26. The molecule has 0 spiro atoms. The van der Waals surface area contributed by atoms with Crippen LogP contribution in [0.2, 0.25) is 0 Å². The van der Waals surface area contributed by atoms with Gasteiger partial charge in [-0.25, -0.2) is 4.79 Å². The van der Waals surface area contributed by atoms with Crippen LogP contribution in [0.15, 0.2) is 24.3 Å². The molecule has 0 atom stereocenters. The highest BCUT2D eigenvalue weighted by Crippen LogP contribution is 2.47. The van der Waals surface area contributed by atoms with Crippen molar-refractivity contribution in [2.24, 2.45) is 0 Å². The molecule has 0 aliphatic rings. The normalized spacial score (nSPS) is 12.7. The van der Waals surface area contributed by atoms with Gasteiger partial charge in [0.25, 0.3) is 0 Å². The van der Waals surface area contributed by atoms with Crippen LogP contribution in [-0.2, 0) is 4.74 Å². The second-order valence-electron chi connectivity index (χ2n) is 3.77. The van der Waals surface area contributed by atoms with Crippen molar-refractivity contribution in [3.05, 3.63) is 34.4 Å². The first-order chi connectivity index (χ1) is 10.3. The molecule has 0 amide bonds. The summed E-state index contributed by atoms with van der Waals surface area (Å²) in [6.07, 6.45) is -15.7. The summed E-state index contributed by atoms with van der Waals surface area (Å²) < 4.78 is 92.6. The molecule has 13 heteroatoms. The Labute approximate surface area is 121 Å². The Hall–Kier alpha value is -2.60. The first-order valence-corrected chi connectivity index (χ1v) is 5.26. The van der Waals surface area contributed by atoms with Crippen LogP contribution in [0.4, 0.5) is 41.2 Å². The van der Waals surface area contributed by atoms with Crippen molar-refractivity contribution < 1.29 is 49.9 Å². The molecule has 0 saturated carbocycles. The van der Waals surface area contributed by atoms with Crippen molar-refractivity contribution in [1.82, 2.24) is 0 Å². The maximum Gasteiger partial charge on any atom is 0.518 e. The van der Waals surface area contributed by atoms with E-state index in [0.29, 0.717) is 6.07 Å². The maximum atomic E-state index is 12.8. The van der Waals surface area contributed by atoms with E-state index in [2.05, 4.69) is 9.47 Å². The summed E-state index contributed by atoms with van der Waals surface area (Å²) in [5, 5.41) is 10.5. The minimum Gasteiger partial charge on any atom is -0.388 e. The number of halogens is 7. The fraction of sp³-hybridized carbons (Fsp3) is 0.300. The Morgan fingerprint density at radius 2 is 1.57 bits per heavy atom. The van der Waals surface area contributed by atoms with Gasteiger partial charge in [-0.15, -0.1) is 0 Å². The van der Waals surface area contributed by atoms with E-state index in [4.69, 9.17) is 0 Å². The lowest BCUT2D eigenvalue weighted by atomic mass is 10.3. The standard InChI is InChI=1S/C10H4F7NO5/c11-8(12,9(13,14)15)10(16,17)23-7(19)22-6-4-2-1-3-5(6)18(20)21/h1-4H. The third-order valence-electron chi connectivity index (χ3n) is 2.19. The number of para-hydroxylation sites is 2. The molecule has 1 aromatic carbocycles. The highest BCUT2D eigenvalue weighted by atomic mass is 19.4. The molecule has 0 aliphatic heterocycles. The number of carbonyl (C=O) groups excluding carboxylic acids is 1. The molecule has 0 unspecified atom stereocenters. The lowest BCUT2D eigenvalue weighted by Gasteiger charge is -2.26. The highest BCUT2D eigenvalue weighted by Gasteiger charge is 2.76. The van der Waals surface area contributed by atoms with Gasteiger partial charge in [0.2, 0.25) is 5.75 Å². The van der Waals surface area contributed by atoms with Crippen molar-refractivity contribution in [1.29, 1.82) is 0 Å². The summed E-state index contributed by atoms with van der Waals surface area (Å²) in [6, 6.07) is 3.59. The van der Waals surface area contributed by atoms with E-state index in [1.165, 1.54) is 0 Å². The fourth-order valence-corrected chi connectivity index (χ4v) is 1.14. The van der Waals surface area contributed by atoms with Gasteiger partial charge in [0.1, 0.15) is 0 Å². The molecule has 0 aliphatic carbocycles. The average molecular weight is 351 g/mol. The number of ether oxygens (including phenoxy) is 2. The van der Waals surface area contributed by atoms with Gasteiger partial charge in [0.05, 0.1) is 4.92 Å². The Bertz CT molecular complexity index is 616. The Morgan fingerprint density at radius 1 is 1.04 bits per heavy atom. The monoisotopic (exact) mass is 351 g/mol. The molecule has 0 N–H and O–H groups in total. The van der Waals surface area contributed by atoms with Crippen LogP contribution in [0, 0.1) is 10.1 Å².